The van der Waals surface area contributed by atoms with E-state index >= 15 is 0 Å². The van der Waals surface area contributed by atoms with Crippen LogP contribution in [0.2, 0.25) is 13.1 Å². The van der Waals surface area contributed by atoms with Gasteiger partial charge in [-0.3, -0.25) is 4.99 Å². The second-order valence-electron chi connectivity index (χ2n) is 8.70. The number of aliphatic imine (C=N–C) groups is 1. The monoisotopic (exact) mass is 468 g/mol. The fourth-order valence-electron chi connectivity index (χ4n) is 5.29. The van der Waals surface area contributed by atoms with Crippen LogP contribution in [0.5, 0.6) is 0 Å². The summed E-state index contributed by atoms with van der Waals surface area (Å²) in [5, 5.41) is 3.27. The molecule has 2 aromatic carbocycles. The molecule has 141 valence electrons. The topological polar surface area (TPSA) is 12.4 Å². The summed E-state index contributed by atoms with van der Waals surface area (Å²) < 4.78 is 0.654. The predicted octanol–water partition coefficient (Wildman–Crippen LogP) is 6.74. The molecule has 0 aromatic heterocycles. The van der Waals surface area contributed by atoms with Gasteiger partial charge in [-0.1, -0.05) is 13.1 Å². The van der Waals surface area contributed by atoms with E-state index in [1.54, 1.807) is 35.1 Å². The Morgan fingerprint density at radius 2 is 1.69 bits per heavy atom. The molecule has 1 atom stereocenters. The van der Waals surface area contributed by atoms with Crippen molar-refractivity contribution in [2.24, 2.45) is 4.99 Å². The van der Waals surface area contributed by atoms with E-state index in [4.69, 9.17) is 0 Å². The van der Waals surface area contributed by atoms with Crippen molar-refractivity contribution in [1.29, 1.82) is 0 Å². The number of fused-ring (bicyclic) bond motifs is 1. The SMILES string of the molecule is CC1=C2C3=CC=NC3=C1[Si]2(C)C.CC1=Cc2c(-c3ccccc3)cccc2[CH]1[Zr]. The van der Waals surface area contributed by atoms with E-state index in [9.17, 15) is 0 Å². The Bertz CT molecular complexity index is 1190. The fraction of sp³-hybridized carbons (Fsp3) is 0.192. The van der Waals surface area contributed by atoms with Gasteiger partial charge in [0, 0.05) is 11.8 Å². The zero-order chi connectivity index (χ0) is 20.3. The molecule has 3 heterocycles. The standard InChI is InChI=1S/C16H13.C10H11NSi.Zr/c1-12-10-14-8-5-9-15(16(14)11-12)13-6-3-2-4-7-13;1-6-9-7-4-5-11-8(7)10(6)12(9,2)3;/h2-11H,1H3;4-5H,1-3H3;. The summed E-state index contributed by atoms with van der Waals surface area (Å²) in [6.45, 7) is 9.33. The van der Waals surface area contributed by atoms with Gasteiger partial charge in [0.1, 0.15) is 8.07 Å². The number of hydrogen-bond donors (Lipinski definition) is 0. The van der Waals surface area contributed by atoms with Crippen LogP contribution in [0.3, 0.4) is 0 Å². The van der Waals surface area contributed by atoms with Crippen molar-refractivity contribution in [3.63, 3.8) is 0 Å². The van der Waals surface area contributed by atoms with Gasteiger partial charge in [-0.2, -0.15) is 0 Å². The molecule has 1 unspecified atom stereocenters. The molecular formula is C26H24NSiZr. The molecule has 0 radical (unpaired) electrons. The summed E-state index contributed by atoms with van der Waals surface area (Å²) in [6.07, 6.45) is 6.46. The summed E-state index contributed by atoms with van der Waals surface area (Å²) in [5.74, 6) is 0. The molecule has 0 saturated carbocycles. The van der Waals surface area contributed by atoms with Gasteiger partial charge < -0.3 is 0 Å². The first kappa shape index (κ1) is 19.2. The summed E-state index contributed by atoms with van der Waals surface area (Å²) >= 11 is 1.58. The van der Waals surface area contributed by atoms with Crippen LogP contribution in [0, 0.1) is 0 Å². The minimum absolute atomic E-state index is 0.654. The molecule has 0 spiro atoms. The average molecular weight is 470 g/mol. The third kappa shape index (κ3) is 2.78. The normalized spacial score (nSPS) is 21.8. The van der Waals surface area contributed by atoms with E-state index in [0.29, 0.717) is 3.63 Å². The molecule has 3 heteroatoms. The van der Waals surface area contributed by atoms with Crippen LogP contribution in [-0.4, -0.2) is 14.3 Å². The van der Waals surface area contributed by atoms with Crippen molar-refractivity contribution in [2.45, 2.75) is 30.6 Å². The number of hydrogen-bond acceptors (Lipinski definition) is 1. The van der Waals surface area contributed by atoms with Gasteiger partial charge in [0.05, 0.1) is 5.70 Å². The summed E-state index contributed by atoms with van der Waals surface area (Å²) in [5.41, 5.74) is 11.4. The van der Waals surface area contributed by atoms with E-state index in [2.05, 4.69) is 92.6 Å². The van der Waals surface area contributed by atoms with Gasteiger partial charge >= 0.3 is 118 Å². The Kier molecular flexibility index (Phi) is 4.53. The van der Waals surface area contributed by atoms with Crippen LogP contribution in [0.15, 0.2) is 92.4 Å². The number of benzene rings is 2. The van der Waals surface area contributed by atoms with Gasteiger partial charge in [-0.05, 0) is 29.0 Å². The van der Waals surface area contributed by atoms with Crippen LogP contribution in [0.1, 0.15) is 28.6 Å². The average Bonchev–Trinajstić information content (AvgIpc) is 3.40. The van der Waals surface area contributed by atoms with Gasteiger partial charge in [-0.15, -0.1) is 0 Å². The molecule has 2 aliphatic carbocycles. The third-order valence-electron chi connectivity index (χ3n) is 6.57. The second kappa shape index (κ2) is 6.86. The van der Waals surface area contributed by atoms with E-state index in [1.165, 1.54) is 44.7 Å². The summed E-state index contributed by atoms with van der Waals surface area (Å²) in [7, 11) is -1.13. The predicted molar refractivity (Wildman–Crippen MR) is 122 cm³/mol. The van der Waals surface area contributed by atoms with Gasteiger partial charge in [0.25, 0.3) is 0 Å². The fourth-order valence-corrected chi connectivity index (χ4v) is 9.97. The quantitative estimate of drug-likeness (QED) is 0.410. The minimum atomic E-state index is -1.13. The van der Waals surface area contributed by atoms with Crippen molar-refractivity contribution < 1.29 is 24.7 Å². The zero-order valence-corrected chi connectivity index (χ0v) is 20.8. The van der Waals surface area contributed by atoms with Crippen LogP contribution in [0.25, 0.3) is 17.2 Å². The Balaban J connectivity index is 0.000000132. The van der Waals surface area contributed by atoms with Crippen molar-refractivity contribution in [1.82, 2.24) is 0 Å². The maximum atomic E-state index is 4.42. The molecule has 3 aliphatic heterocycles. The maximum absolute atomic E-state index is 4.42. The van der Waals surface area contributed by atoms with Crippen molar-refractivity contribution in [3.8, 4) is 11.1 Å². The first-order valence-corrected chi connectivity index (χ1v) is 14.6. The molecule has 5 aliphatic rings. The molecule has 0 N–H and O–H groups in total. The van der Waals surface area contributed by atoms with Crippen molar-refractivity contribution in [2.75, 3.05) is 0 Å². The number of allylic oxidation sites excluding steroid dienone is 5. The van der Waals surface area contributed by atoms with Gasteiger partial charge in [-0.25, -0.2) is 0 Å². The molecule has 29 heavy (non-hydrogen) atoms. The Morgan fingerprint density at radius 3 is 2.38 bits per heavy atom. The molecule has 0 amide bonds. The summed E-state index contributed by atoms with van der Waals surface area (Å²) in [4.78, 5) is 4.42. The van der Waals surface area contributed by atoms with Gasteiger partial charge in [0.2, 0.25) is 0 Å². The first-order chi connectivity index (χ1) is 13.9. The van der Waals surface area contributed by atoms with E-state index in [0.717, 1.165) is 0 Å². The van der Waals surface area contributed by atoms with Crippen LogP contribution < -0.4 is 0 Å². The molecule has 7 rings (SSSR count). The van der Waals surface area contributed by atoms with Crippen molar-refractivity contribution >= 4 is 20.4 Å². The summed E-state index contributed by atoms with van der Waals surface area (Å²) in [6, 6.07) is 17.3. The van der Waals surface area contributed by atoms with Crippen LogP contribution in [0.4, 0.5) is 0 Å². The Hall–Kier alpha value is -1.83. The third-order valence-corrected chi connectivity index (χ3v) is 12.2. The molecule has 1 nitrogen and oxygen atoms in total. The molecule has 0 fully saturated rings. The number of rotatable bonds is 1. The molecule has 2 aromatic rings. The molecular weight excluding hydrogens is 446 g/mol. The first-order valence-electron chi connectivity index (χ1n) is 10.2. The number of nitrogens with zero attached hydrogens (tertiary/aromatic N) is 1. The van der Waals surface area contributed by atoms with E-state index < -0.39 is 8.07 Å². The van der Waals surface area contributed by atoms with Crippen molar-refractivity contribution in [3.05, 3.63) is 98.5 Å². The Morgan fingerprint density at radius 1 is 0.931 bits per heavy atom. The van der Waals surface area contributed by atoms with E-state index in [-0.39, 0.29) is 0 Å². The zero-order valence-electron chi connectivity index (χ0n) is 17.4. The Labute approximate surface area is 189 Å². The van der Waals surface area contributed by atoms with Gasteiger partial charge in [0.15, 0.2) is 0 Å². The molecule has 2 bridgehead atoms. The van der Waals surface area contributed by atoms with E-state index in [1.807, 2.05) is 6.21 Å². The molecule has 0 saturated heterocycles. The second-order valence-corrected chi connectivity index (χ2v) is 14.4. The van der Waals surface area contributed by atoms with Crippen LogP contribution in [-0.2, 0) is 24.7 Å². The van der Waals surface area contributed by atoms with Crippen LogP contribution >= 0.6 is 0 Å².